The maximum atomic E-state index is 13.0. The number of ether oxygens (including phenoxy) is 1. The van der Waals surface area contributed by atoms with Crippen molar-refractivity contribution in [2.75, 3.05) is 13.2 Å². The highest BCUT2D eigenvalue weighted by Gasteiger charge is 2.51. The minimum atomic E-state index is -0.513. The molecule has 0 radical (unpaired) electrons. The zero-order valence-corrected chi connectivity index (χ0v) is 19.1. The van der Waals surface area contributed by atoms with Crippen LogP contribution in [0.4, 0.5) is 4.79 Å². The summed E-state index contributed by atoms with van der Waals surface area (Å²) in [7, 11) is -0.357. The molecule has 2 aromatic rings. The number of H-pyrrole nitrogens is 1. The molecular weight excluding hydrogens is 393 g/mol. The van der Waals surface area contributed by atoms with Gasteiger partial charge in [-0.25, -0.2) is 9.78 Å². The fourth-order valence-corrected chi connectivity index (χ4v) is 5.14. The maximum absolute atomic E-state index is 13.0. The van der Waals surface area contributed by atoms with Crippen LogP contribution in [0.1, 0.15) is 65.7 Å². The molecule has 7 nitrogen and oxygen atoms in total. The average molecular weight is 425 g/mol. The molecule has 8 heteroatoms. The Morgan fingerprint density at radius 3 is 2.71 bits per heavy atom. The van der Waals surface area contributed by atoms with Crippen molar-refractivity contribution >= 4 is 29.7 Å². The van der Waals surface area contributed by atoms with Crippen molar-refractivity contribution in [2.45, 2.75) is 71.6 Å². The summed E-state index contributed by atoms with van der Waals surface area (Å²) in [5.41, 5.74) is 2.34. The second kappa shape index (κ2) is 7.24. The molecule has 3 fully saturated rings. The summed E-state index contributed by atoms with van der Waals surface area (Å²) >= 11 is 0. The lowest BCUT2D eigenvalue weighted by atomic mass is 9.76. The molecule has 2 aliphatic heterocycles. The maximum Gasteiger partial charge on any atom is 0.493 e. The Bertz CT molecular complexity index is 988. The van der Waals surface area contributed by atoms with E-state index in [1.165, 1.54) is 0 Å². The first-order chi connectivity index (χ1) is 14.6. The van der Waals surface area contributed by atoms with Gasteiger partial charge < -0.3 is 19.0 Å². The van der Waals surface area contributed by atoms with E-state index in [2.05, 4.69) is 24.9 Å². The highest BCUT2D eigenvalue weighted by atomic mass is 16.6. The highest BCUT2D eigenvalue weighted by Crippen LogP contribution is 2.50. The van der Waals surface area contributed by atoms with Crippen molar-refractivity contribution in [3.05, 3.63) is 24.0 Å². The van der Waals surface area contributed by atoms with Crippen LogP contribution in [-0.4, -0.2) is 52.9 Å². The largest absolute Gasteiger partial charge is 0.493 e. The smallest absolute Gasteiger partial charge is 0.444 e. The topological polar surface area (TPSA) is 76.7 Å². The van der Waals surface area contributed by atoms with Crippen LogP contribution in [0.25, 0.3) is 11.0 Å². The highest BCUT2D eigenvalue weighted by molar-refractivity contribution is 6.61. The monoisotopic (exact) mass is 425 g/mol. The Hall–Kier alpha value is -2.06. The Labute approximate surface area is 184 Å². The molecule has 2 bridgehead atoms. The minimum absolute atomic E-state index is 0.0364. The number of benzene rings is 1. The zero-order valence-electron chi connectivity index (χ0n) is 19.1. The number of nitrogens with zero attached hydrogens (tertiary/aromatic N) is 2. The molecule has 0 spiro atoms. The molecule has 166 valence electrons. The van der Waals surface area contributed by atoms with E-state index in [9.17, 15) is 4.79 Å². The predicted octanol–water partition coefficient (Wildman–Crippen LogP) is 3.79. The third-order valence-corrected chi connectivity index (χ3v) is 6.52. The number of piperidine rings is 1. The van der Waals surface area contributed by atoms with Gasteiger partial charge in [-0.05, 0) is 63.5 Å². The first-order valence-corrected chi connectivity index (χ1v) is 11.3. The molecule has 3 unspecified atom stereocenters. The average Bonchev–Trinajstić information content (AvgIpc) is 3.39. The standard InChI is InChI=1S/C23H32BN3O4/c1-22(2,3)31-21(28)27-16-8-6-14(10-16)19(27)20-25-17-9-7-15(11-18(17)26-20)24-29-12-23(4,5)13-30-24/h7,9,11,14,16,19H,6,8,10,12-13H2,1-5H3,(H,25,26). The van der Waals surface area contributed by atoms with Crippen molar-refractivity contribution in [2.24, 2.45) is 11.3 Å². The van der Waals surface area contributed by atoms with E-state index in [0.29, 0.717) is 19.1 Å². The van der Waals surface area contributed by atoms with Crippen LogP contribution in [0.15, 0.2) is 18.2 Å². The van der Waals surface area contributed by atoms with Crippen molar-refractivity contribution in [1.82, 2.24) is 14.9 Å². The van der Waals surface area contributed by atoms with Crippen molar-refractivity contribution in [3.8, 4) is 0 Å². The van der Waals surface area contributed by atoms with Crippen LogP contribution in [0.2, 0.25) is 0 Å². The molecule has 1 aliphatic carbocycles. The van der Waals surface area contributed by atoms with Crippen LogP contribution >= 0.6 is 0 Å². The van der Waals surface area contributed by atoms with Crippen molar-refractivity contribution in [1.29, 1.82) is 0 Å². The fourth-order valence-electron chi connectivity index (χ4n) is 5.14. The Morgan fingerprint density at radius 2 is 2.00 bits per heavy atom. The molecule has 5 rings (SSSR count). The van der Waals surface area contributed by atoms with Crippen LogP contribution in [0, 0.1) is 11.3 Å². The second-order valence-electron chi connectivity index (χ2n) is 11.1. The number of hydrogen-bond acceptors (Lipinski definition) is 5. The van der Waals surface area contributed by atoms with Gasteiger partial charge >= 0.3 is 13.2 Å². The molecule has 3 aliphatic rings. The summed E-state index contributed by atoms with van der Waals surface area (Å²) < 4.78 is 17.6. The number of rotatable bonds is 2. The van der Waals surface area contributed by atoms with Gasteiger partial charge in [0.25, 0.3) is 0 Å². The molecule has 1 aromatic heterocycles. The number of amides is 1. The lowest BCUT2D eigenvalue weighted by molar-refractivity contribution is 0.00623. The van der Waals surface area contributed by atoms with E-state index in [-0.39, 0.29) is 30.7 Å². The minimum Gasteiger partial charge on any atom is -0.444 e. The number of carbonyl (C=O) groups excluding carboxylic acids is 1. The Morgan fingerprint density at radius 1 is 1.26 bits per heavy atom. The first-order valence-electron chi connectivity index (χ1n) is 11.3. The number of hydrogen-bond donors (Lipinski definition) is 1. The van der Waals surface area contributed by atoms with E-state index >= 15 is 0 Å². The van der Waals surface area contributed by atoms with Gasteiger partial charge in [0, 0.05) is 24.7 Å². The van der Waals surface area contributed by atoms with Gasteiger partial charge in [0.05, 0.1) is 17.1 Å². The molecule has 1 saturated carbocycles. The predicted molar refractivity (Wildman–Crippen MR) is 119 cm³/mol. The zero-order chi connectivity index (χ0) is 22.0. The SMILES string of the molecule is CC1(C)COB(c2ccc3nc(C4C5CCC(C5)N4C(=O)OC(C)(C)C)[nH]c3c2)OC1. The van der Waals surface area contributed by atoms with Crippen LogP contribution in [0.5, 0.6) is 0 Å². The van der Waals surface area contributed by atoms with Gasteiger partial charge in [-0.1, -0.05) is 19.9 Å². The normalized spacial score (nSPS) is 27.8. The summed E-state index contributed by atoms with van der Waals surface area (Å²) in [4.78, 5) is 23.3. The summed E-state index contributed by atoms with van der Waals surface area (Å²) in [5.74, 6) is 1.27. The van der Waals surface area contributed by atoms with E-state index in [0.717, 1.165) is 41.6 Å². The quantitative estimate of drug-likeness (QED) is 0.741. The van der Waals surface area contributed by atoms with E-state index in [1.807, 2.05) is 37.8 Å². The van der Waals surface area contributed by atoms with Gasteiger partial charge in [0.15, 0.2) is 0 Å². The van der Waals surface area contributed by atoms with Gasteiger partial charge in [0.2, 0.25) is 0 Å². The number of fused-ring (bicyclic) bond motifs is 3. The van der Waals surface area contributed by atoms with Gasteiger partial charge in [-0.15, -0.1) is 0 Å². The lowest BCUT2D eigenvalue weighted by Crippen LogP contribution is -2.47. The number of likely N-dealkylation sites (tertiary alicyclic amines) is 1. The molecule has 1 N–H and O–H groups in total. The number of carbonyl (C=O) groups is 1. The molecule has 1 amide bonds. The Balaban J connectivity index is 1.41. The lowest BCUT2D eigenvalue weighted by Gasteiger charge is -2.35. The van der Waals surface area contributed by atoms with E-state index in [4.69, 9.17) is 19.0 Å². The summed E-state index contributed by atoms with van der Waals surface area (Å²) in [6.45, 7) is 11.3. The second-order valence-corrected chi connectivity index (χ2v) is 11.1. The first kappa shape index (κ1) is 20.8. The third-order valence-electron chi connectivity index (χ3n) is 6.52. The molecule has 1 aromatic carbocycles. The number of imidazole rings is 1. The molecule has 3 heterocycles. The number of nitrogens with one attached hydrogen (secondary N) is 1. The summed E-state index contributed by atoms with van der Waals surface area (Å²) in [6, 6.07) is 6.25. The van der Waals surface area contributed by atoms with E-state index in [1.54, 1.807) is 0 Å². The number of aromatic amines is 1. The van der Waals surface area contributed by atoms with Gasteiger partial charge in [-0.2, -0.15) is 0 Å². The molecule has 3 atom stereocenters. The molecule has 2 saturated heterocycles. The summed E-state index contributed by atoms with van der Waals surface area (Å²) in [6.07, 6.45) is 2.94. The molecular formula is C23H32BN3O4. The number of aromatic nitrogens is 2. The van der Waals surface area contributed by atoms with Crippen LogP contribution in [0.3, 0.4) is 0 Å². The Kier molecular flexibility index (Phi) is 4.86. The summed E-state index contributed by atoms with van der Waals surface area (Å²) in [5, 5.41) is 0. The van der Waals surface area contributed by atoms with Crippen molar-refractivity contribution in [3.63, 3.8) is 0 Å². The molecule has 31 heavy (non-hydrogen) atoms. The fraction of sp³-hybridized carbons (Fsp3) is 0.652. The van der Waals surface area contributed by atoms with Crippen LogP contribution < -0.4 is 5.46 Å². The third kappa shape index (κ3) is 3.96. The van der Waals surface area contributed by atoms with Crippen molar-refractivity contribution < 1.29 is 18.8 Å². The van der Waals surface area contributed by atoms with E-state index < -0.39 is 5.60 Å². The van der Waals surface area contributed by atoms with Crippen LogP contribution in [-0.2, 0) is 14.0 Å². The van der Waals surface area contributed by atoms with Gasteiger partial charge in [-0.3, -0.25) is 4.90 Å². The van der Waals surface area contributed by atoms with Gasteiger partial charge in [0.1, 0.15) is 11.4 Å².